The first-order valence-corrected chi connectivity index (χ1v) is 8.90. The van der Waals surface area contributed by atoms with E-state index in [1.165, 1.54) is 0 Å². The summed E-state index contributed by atoms with van der Waals surface area (Å²) >= 11 is 0. The van der Waals surface area contributed by atoms with Crippen molar-refractivity contribution in [1.29, 1.82) is 0 Å². The monoisotopic (exact) mass is 345 g/mol. The first-order chi connectivity index (χ1) is 12.2. The summed E-state index contributed by atoms with van der Waals surface area (Å²) in [4.78, 5) is 22.9. The Morgan fingerprint density at radius 3 is 3.04 bits per heavy atom. The van der Waals surface area contributed by atoms with Crippen molar-refractivity contribution in [2.75, 3.05) is 19.7 Å². The highest BCUT2D eigenvalue weighted by Crippen LogP contribution is 2.38. The van der Waals surface area contributed by atoms with Gasteiger partial charge in [0.15, 0.2) is 5.82 Å². The Morgan fingerprint density at radius 2 is 2.28 bits per heavy atom. The Labute approximate surface area is 146 Å². The van der Waals surface area contributed by atoms with Crippen LogP contribution >= 0.6 is 0 Å². The van der Waals surface area contributed by atoms with Crippen molar-refractivity contribution in [3.8, 4) is 0 Å². The lowest BCUT2D eigenvalue weighted by molar-refractivity contribution is 0.00233. The molecule has 2 fully saturated rings. The second kappa shape index (κ2) is 6.95. The fourth-order valence-corrected chi connectivity index (χ4v) is 3.13. The van der Waals surface area contributed by atoms with E-state index >= 15 is 0 Å². The minimum Gasteiger partial charge on any atom is -0.376 e. The van der Waals surface area contributed by atoms with E-state index in [-0.39, 0.29) is 12.0 Å². The average Bonchev–Trinajstić information content (AvgIpc) is 3.21. The van der Waals surface area contributed by atoms with Crippen molar-refractivity contribution in [2.45, 2.75) is 44.1 Å². The second-order valence-electron chi connectivity index (χ2n) is 6.88. The van der Waals surface area contributed by atoms with Gasteiger partial charge in [0.2, 0.25) is 5.89 Å². The number of ether oxygens (including phenoxy) is 1. The van der Waals surface area contributed by atoms with E-state index in [0.29, 0.717) is 37.0 Å². The summed E-state index contributed by atoms with van der Waals surface area (Å²) in [6.45, 7) is 1.90. The Bertz CT molecular complexity index is 736. The predicted octanol–water partition coefficient (Wildman–Crippen LogP) is 1.54. The number of aromatic nitrogens is 4. The number of amides is 1. The zero-order chi connectivity index (χ0) is 17.2. The Morgan fingerprint density at radius 1 is 1.40 bits per heavy atom. The molecule has 8 nitrogen and oxygen atoms in total. The maximum absolute atomic E-state index is 12.5. The third kappa shape index (κ3) is 3.89. The van der Waals surface area contributed by atoms with Crippen molar-refractivity contribution in [2.24, 2.45) is 7.05 Å². The van der Waals surface area contributed by atoms with Crippen LogP contribution in [0.15, 0.2) is 17.0 Å². The molecule has 2 aliphatic rings. The summed E-state index contributed by atoms with van der Waals surface area (Å²) in [6.07, 6.45) is 8.30. The van der Waals surface area contributed by atoms with Crippen LogP contribution in [-0.2, 0) is 18.2 Å². The lowest BCUT2D eigenvalue weighted by Gasteiger charge is -2.32. The summed E-state index contributed by atoms with van der Waals surface area (Å²) in [6, 6.07) is 0. The minimum atomic E-state index is -0.0267. The largest absolute Gasteiger partial charge is 0.376 e. The Hall–Kier alpha value is -2.22. The highest BCUT2D eigenvalue weighted by molar-refractivity contribution is 5.92. The van der Waals surface area contributed by atoms with Gasteiger partial charge in [-0.15, -0.1) is 0 Å². The number of piperidine rings is 1. The van der Waals surface area contributed by atoms with Gasteiger partial charge in [-0.25, -0.2) is 4.98 Å². The molecule has 1 aliphatic heterocycles. The standard InChI is InChI=1S/C17H23N5O3/c1-21-10-14(18-11-21)17(23)22-7-2-3-13(9-22)24-8-6-15-19-16(25-20-15)12-4-5-12/h10-13H,2-9H2,1H3. The van der Waals surface area contributed by atoms with Crippen LogP contribution in [0.3, 0.4) is 0 Å². The zero-order valence-electron chi connectivity index (χ0n) is 14.4. The molecule has 0 radical (unpaired) electrons. The maximum Gasteiger partial charge on any atom is 0.274 e. The third-order valence-electron chi connectivity index (χ3n) is 4.68. The summed E-state index contributed by atoms with van der Waals surface area (Å²) in [5.41, 5.74) is 0.488. The van der Waals surface area contributed by atoms with Crippen molar-refractivity contribution < 1.29 is 14.1 Å². The smallest absolute Gasteiger partial charge is 0.274 e. The van der Waals surface area contributed by atoms with E-state index in [4.69, 9.17) is 9.26 Å². The van der Waals surface area contributed by atoms with E-state index in [1.54, 1.807) is 17.1 Å². The maximum atomic E-state index is 12.5. The first-order valence-electron chi connectivity index (χ1n) is 8.90. The minimum absolute atomic E-state index is 0.0267. The van der Waals surface area contributed by atoms with E-state index in [2.05, 4.69) is 15.1 Å². The van der Waals surface area contributed by atoms with Crippen molar-refractivity contribution in [3.05, 3.63) is 29.9 Å². The van der Waals surface area contributed by atoms with E-state index in [9.17, 15) is 4.79 Å². The molecule has 8 heteroatoms. The Balaban J connectivity index is 1.25. The molecule has 4 rings (SSSR count). The molecular formula is C17H23N5O3. The molecule has 0 aromatic carbocycles. The molecule has 1 unspecified atom stereocenters. The van der Waals surface area contributed by atoms with Crippen LogP contribution in [0.1, 0.15) is 53.8 Å². The number of likely N-dealkylation sites (tertiary alicyclic amines) is 1. The van der Waals surface area contributed by atoms with Crippen LogP contribution in [0.5, 0.6) is 0 Å². The van der Waals surface area contributed by atoms with Gasteiger partial charge in [0, 0.05) is 38.7 Å². The number of hydrogen-bond acceptors (Lipinski definition) is 6. The summed E-state index contributed by atoms with van der Waals surface area (Å²) in [5.74, 6) is 1.92. The normalized spacial score (nSPS) is 20.8. The number of nitrogens with zero attached hydrogens (tertiary/aromatic N) is 5. The van der Waals surface area contributed by atoms with Gasteiger partial charge in [-0.3, -0.25) is 4.79 Å². The molecule has 25 heavy (non-hydrogen) atoms. The van der Waals surface area contributed by atoms with E-state index in [0.717, 1.165) is 38.1 Å². The highest BCUT2D eigenvalue weighted by atomic mass is 16.5. The molecule has 1 saturated heterocycles. The Kier molecular flexibility index (Phi) is 4.52. The molecule has 3 heterocycles. The third-order valence-corrected chi connectivity index (χ3v) is 4.68. The number of carbonyl (C=O) groups is 1. The molecule has 1 amide bonds. The van der Waals surface area contributed by atoms with Gasteiger partial charge < -0.3 is 18.7 Å². The fraction of sp³-hybridized carbons (Fsp3) is 0.647. The van der Waals surface area contributed by atoms with Gasteiger partial charge in [-0.05, 0) is 25.7 Å². The molecule has 2 aromatic heterocycles. The number of aryl methyl sites for hydroxylation is 1. The number of imidazole rings is 1. The van der Waals surface area contributed by atoms with Gasteiger partial charge in [0.1, 0.15) is 5.69 Å². The number of rotatable bonds is 6. The average molecular weight is 345 g/mol. The summed E-state index contributed by atoms with van der Waals surface area (Å²) in [7, 11) is 1.86. The molecule has 1 atom stereocenters. The van der Waals surface area contributed by atoms with Crippen LogP contribution in [0.25, 0.3) is 0 Å². The van der Waals surface area contributed by atoms with Gasteiger partial charge >= 0.3 is 0 Å². The zero-order valence-corrected chi connectivity index (χ0v) is 14.4. The molecule has 134 valence electrons. The van der Waals surface area contributed by atoms with Crippen molar-refractivity contribution >= 4 is 5.91 Å². The lowest BCUT2D eigenvalue weighted by Crippen LogP contribution is -2.43. The van der Waals surface area contributed by atoms with Crippen LogP contribution in [0.2, 0.25) is 0 Å². The van der Waals surface area contributed by atoms with Crippen LogP contribution in [0.4, 0.5) is 0 Å². The molecule has 1 saturated carbocycles. The summed E-state index contributed by atoms with van der Waals surface area (Å²) in [5, 5.41) is 4.00. The SMILES string of the molecule is Cn1cnc(C(=O)N2CCCC(OCCc3noc(C4CC4)n3)C2)c1. The van der Waals surface area contributed by atoms with Gasteiger partial charge in [0.25, 0.3) is 5.91 Å². The van der Waals surface area contributed by atoms with Crippen LogP contribution in [0, 0.1) is 0 Å². The molecule has 0 N–H and O–H groups in total. The van der Waals surface area contributed by atoms with Crippen molar-refractivity contribution in [1.82, 2.24) is 24.6 Å². The predicted molar refractivity (Wildman–Crippen MR) is 88.1 cm³/mol. The van der Waals surface area contributed by atoms with Gasteiger partial charge in [-0.1, -0.05) is 5.16 Å². The second-order valence-corrected chi connectivity index (χ2v) is 6.88. The fourth-order valence-electron chi connectivity index (χ4n) is 3.13. The molecule has 1 aliphatic carbocycles. The summed E-state index contributed by atoms with van der Waals surface area (Å²) < 4.78 is 13.0. The topological polar surface area (TPSA) is 86.3 Å². The van der Waals surface area contributed by atoms with E-state index in [1.807, 2.05) is 11.9 Å². The molecule has 2 aromatic rings. The van der Waals surface area contributed by atoms with Gasteiger partial charge in [0.05, 0.1) is 19.0 Å². The van der Waals surface area contributed by atoms with E-state index < -0.39 is 0 Å². The molecular weight excluding hydrogens is 322 g/mol. The van der Waals surface area contributed by atoms with Gasteiger partial charge in [-0.2, -0.15) is 4.98 Å². The quantitative estimate of drug-likeness (QED) is 0.789. The first kappa shape index (κ1) is 16.3. The number of hydrogen-bond donors (Lipinski definition) is 0. The van der Waals surface area contributed by atoms with Crippen LogP contribution in [-0.4, -0.2) is 56.3 Å². The number of carbonyl (C=O) groups excluding carboxylic acids is 1. The molecule has 0 bridgehead atoms. The lowest BCUT2D eigenvalue weighted by atomic mass is 10.1. The van der Waals surface area contributed by atoms with Crippen molar-refractivity contribution in [3.63, 3.8) is 0 Å². The molecule has 0 spiro atoms. The highest BCUT2D eigenvalue weighted by Gasteiger charge is 2.30. The van der Waals surface area contributed by atoms with Crippen LogP contribution < -0.4 is 0 Å².